The first-order valence-corrected chi connectivity index (χ1v) is 7.66. The molecule has 1 fully saturated rings. The van der Waals surface area contributed by atoms with E-state index >= 15 is 0 Å². The van der Waals surface area contributed by atoms with Gasteiger partial charge in [0.1, 0.15) is 5.82 Å². The molecule has 1 aromatic carbocycles. The van der Waals surface area contributed by atoms with Gasteiger partial charge in [-0.2, -0.15) is 11.8 Å². The maximum Gasteiger partial charge on any atom is 0.222 e. The second-order valence-corrected chi connectivity index (χ2v) is 5.92. The molecule has 0 bridgehead atoms. The van der Waals surface area contributed by atoms with Crippen LogP contribution in [0.4, 0.5) is 4.39 Å². The van der Waals surface area contributed by atoms with Crippen LogP contribution >= 0.6 is 11.8 Å². The van der Waals surface area contributed by atoms with Gasteiger partial charge in [-0.05, 0) is 24.6 Å². The number of hydrogen-bond acceptors (Lipinski definition) is 3. The lowest BCUT2D eigenvalue weighted by molar-refractivity contribution is -0.122. The summed E-state index contributed by atoms with van der Waals surface area (Å²) in [6, 6.07) is 6.40. The lowest BCUT2D eigenvalue weighted by atomic mass is 10.1. The summed E-state index contributed by atoms with van der Waals surface area (Å²) in [5.74, 6) is 1.88. The molecule has 0 unspecified atom stereocenters. The van der Waals surface area contributed by atoms with Crippen molar-refractivity contribution in [3.05, 3.63) is 35.6 Å². The van der Waals surface area contributed by atoms with Crippen LogP contribution in [0.1, 0.15) is 24.9 Å². The Morgan fingerprint density at radius 3 is 2.89 bits per heavy atom. The highest BCUT2D eigenvalue weighted by atomic mass is 32.2. The molecule has 1 aliphatic heterocycles. The van der Waals surface area contributed by atoms with Gasteiger partial charge in [-0.3, -0.25) is 4.79 Å². The van der Waals surface area contributed by atoms with Gasteiger partial charge in [0.2, 0.25) is 5.91 Å². The summed E-state index contributed by atoms with van der Waals surface area (Å²) in [7, 11) is 0. The van der Waals surface area contributed by atoms with Crippen LogP contribution in [0.3, 0.4) is 0 Å². The molecule has 2 atom stereocenters. The smallest absolute Gasteiger partial charge is 0.222 e. The van der Waals surface area contributed by atoms with E-state index < -0.39 is 0 Å². The van der Waals surface area contributed by atoms with E-state index in [4.69, 9.17) is 0 Å². The fourth-order valence-electron chi connectivity index (χ4n) is 2.11. The minimum Gasteiger partial charge on any atom is -0.350 e. The van der Waals surface area contributed by atoms with Crippen LogP contribution in [0.2, 0.25) is 0 Å². The molecule has 5 heteroatoms. The normalized spacial score (nSPS) is 20.8. The zero-order chi connectivity index (χ0) is 13.7. The van der Waals surface area contributed by atoms with Gasteiger partial charge >= 0.3 is 0 Å². The van der Waals surface area contributed by atoms with Crippen LogP contribution < -0.4 is 10.6 Å². The zero-order valence-electron chi connectivity index (χ0n) is 11.0. The fourth-order valence-corrected chi connectivity index (χ4v) is 3.06. The van der Waals surface area contributed by atoms with Crippen LogP contribution in [0.15, 0.2) is 24.3 Å². The van der Waals surface area contributed by atoms with E-state index in [2.05, 4.69) is 10.6 Å². The molecule has 2 rings (SSSR count). The van der Waals surface area contributed by atoms with E-state index in [1.807, 2.05) is 18.7 Å². The molecule has 104 valence electrons. The highest BCUT2D eigenvalue weighted by Crippen LogP contribution is 2.14. The highest BCUT2D eigenvalue weighted by molar-refractivity contribution is 7.99. The molecule has 1 heterocycles. The number of halogens is 1. The van der Waals surface area contributed by atoms with Crippen LogP contribution in [-0.2, 0) is 4.79 Å². The largest absolute Gasteiger partial charge is 0.350 e. The van der Waals surface area contributed by atoms with E-state index in [9.17, 15) is 9.18 Å². The second kappa shape index (κ2) is 6.91. The summed E-state index contributed by atoms with van der Waals surface area (Å²) in [5, 5.41) is 6.29. The summed E-state index contributed by atoms with van der Waals surface area (Å²) in [6.45, 7) is 2.88. The van der Waals surface area contributed by atoms with E-state index in [0.29, 0.717) is 6.42 Å². The van der Waals surface area contributed by atoms with Crippen molar-refractivity contribution in [3.8, 4) is 0 Å². The predicted octanol–water partition coefficient (Wildman–Crippen LogP) is 2.10. The quantitative estimate of drug-likeness (QED) is 0.888. The van der Waals surface area contributed by atoms with Crippen molar-refractivity contribution in [2.24, 2.45) is 0 Å². The summed E-state index contributed by atoms with van der Waals surface area (Å²) in [5.41, 5.74) is 0.917. The summed E-state index contributed by atoms with van der Waals surface area (Å²) < 4.78 is 12.8. The number of thioether (sulfide) groups is 1. The molecule has 19 heavy (non-hydrogen) atoms. The van der Waals surface area contributed by atoms with Crippen molar-refractivity contribution in [1.82, 2.24) is 10.6 Å². The molecule has 0 saturated carbocycles. The molecule has 1 aliphatic rings. The summed E-state index contributed by atoms with van der Waals surface area (Å²) in [6.07, 6.45) is 0.499. The first-order chi connectivity index (χ1) is 9.15. The molecule has 0 radical (unpaired) electrons. The zero-order valence-corrected chi connectivity index (χ0v) is 11.8. The van der Waals surface area contributed by atoms with Gasteiger partial charge in [0, 0.05) is 30.5 Å². The molecule has 1 aromatic rings. The van der Waals surface area contributed by atoms with Crippen LogP contribution in [0, 0.1) is 5.82 Å². The Kier molecular flexibility index (Phi) is 5.22. The van der Waals surface area contributed by atoms with E-state index in [-0.39, 0.29) is 23.8 Å². The Balaban J connectivity index is 1.82. The Morgan fingerprint density at radius 2 is 2.26 bits per heavy atom. The van der Waals surface area contributed by atoms with Gasteiger partial charge in [-0.15, -0.1) is 0 Å². The van der Waals surface area contributed by atoms with E-state index in [0.717, 1.165) is 23.6 Å². The third-order valence-corrected chi connectivity index (χ3v) is 4.31. The summed E-state index contributed by atoms with van der Waals surface area (Å²) in [4.78, 5) is 11.9. The Bertz CT molecular complexity index is 418. The van der Waals surface area contributed by atoms with Gasteiger partial charge in [-0.1, -0.05) is 12.1 Å². The predicted molar refractivity (Wildman–Crippen MR) is 76.7 cm³/mol. The standard InChI is InChI=1S/C14H19FN2OS/c1-10(11-2-4-12(15)5-3-11)17-14(18)8-13-9-19-7-6-16-13/h2-5,10,13,16H,6-9H2,1H3,(H,17,18)/t10-,13-/m0/s1. The average Bonchev–Trinajstić information content (AvgIpc) is 2.40. The van der Waals surface area contributed by atoms with Crippen LogP contribution in [-0.4, -0.2) is 30.0 Å². The van der Waals surface area contributed by atoms with Gasteiger partial charge in [0.05, 0.1) is 6.04 Å². The molecule has 2 N–H and O–H groups in total. The fraction of sp³-hybridized carbons (Fsp3) is 0.500. The number of rotatable bonds is 4. The minimum absolute atomic E-state index is 0.0387. The molecular weight excluding hydrogens is 263 g/mol. The number of hydrogen-bond donors (Lipinski definition) is 2. The Labute approximate surface area is 117 Å². The SMILES string of the molecule is C[C@H](NC(=O)C[C@H]1CSCCN1)c1ccc(F)cc1. The lowest BCUT2D eigenvalue weighted by Gasteiger charge is -2.23. The van der Waals surface area contributed by atoms with Crippen molar-refractivity contribution in [1.29, 1.82) is 0 Å². The van der Waals surface area contributed by atoms with Gasteiger partial charge < -0.3 is 10.6 Å². The van der Waals surface area contributed by atoms with Gasteiger partial charge in [0.15, 0.2) is 0 Å². The van der Waals surface area contributed by atoms with Crippen LogP contribution in [0.25, 0.3) is 0 Å². The highest BCUT2D eigenvalue weighted by Gasteiger charge is 2.18. The molecule has 3 nitrogen and oxygen atoms in total. The number of amides is 1. The Morgan fingerprint density at radius 1 is 1.53 bits per heavy atom. The third-order valence-electron chi connectivity index (χ3n) is 3.18. The number of benzene rings is 1. The van der Waals surface area contributed by atoms with Crippen molar-refractivity contribution >= 4 is 17.7 Å². The Hall–Kier alpha value is -1.07. The first-order valence-electron chi connectivity index (χ1n) is 6.51. The molecule has 0 spiro atoms. The average molecular weight is 282 g/mol. The molecule has 1 saturated heterocycles. The van der Waals surface area contributed by atoms with Crippen molar-refractivity contribution in [2.45, 2.75) is 25.4 Å². The third kappa shape index (κ3) is 4.51. The van der Waals surface area contributed by atoms with Crippen molar-refractivity contribution in [2.75, 3.05) is 18.1 Å². The number of nitrogens with one attached hydrogen (secondary N) is 2. The maximum absolute atomic E-state index is 12.8. The van der Waals surface area contributed by atoms with E-state index in [1.165, 1.54) is 12.1 Å². The van der Waals surface area contributed by atoms with Crippen molar-refractivity contribution < 1.29 is 9.18 Å². The number of carbonyl (C=O) groups is 1. The number of carbonyl (C=O) groups excluding carboxylic acids is 1. The topological polar surface area (TPSA) is 41.1 Å². The second-order valence-electron chi connectivity index (χ2n) is 4.77. The van der Waals surface area contributed by atoms with Crippen molar-refractivity contribution in [3.63, 3.8) is 0 Å². The van der Waals surface area contributed by atoms with E-state index in [1.54, 1.807) is 12.1 Å². The molecular formula is C14H19FN2OS. The lowest BCUT2D eigenvalue weighted by Crippen LogP contribution is -2.41. The molecule has 0 aromatic heterocycles. The minimum atomic E-state index is -0.259. The van der Waals surface area contributed by atoms with Gasteiger partial charge in [-0.25, -0.2) is 4.39 Å². The van der Waals surface area contributed by atoms with Gasteiger partial charge in [0.25, 0.3) is 0 Å². The first kappa shape index (κ1) is 14.3. The monoisotopic (exact) mass is 282 g/mol. The molecule has 0 aliphatic carbocycles. The van der Waals surface area contributed by atoms with Crippen LogP contribution in [0.5, 0.6) is 0 Å². The summed E-state index contributed by atoms with van der Waals surface area (Å²) >= 11 is 1.88. The maximum atomic E-state index is 12.8. The molecule has 1 amide bonds.